The van der Waals surface area contributed by atoms with Crippen LogP contribution in [-0.4, -0.2) is 17.1 Å². The highest BCUT2D eigenvalue weighted by atomic mass is 16.4. The number of hydrogen-bond acceptors (Lipinski definition) is 2. The minimum absolute atomic E-state index is 0.349. The zero-order chi connectivity index (χ0) is 12.8. The van der Waals surface area contributed by atoms with E-state index in [2.05, 4.69) is 26.1 Å². The molecule has 17 heavy (non-hydrogen) atoms. The van der Waals surface area contributed by atoms with Crippen molar-refractivity contribution in [3.05, 3.63) is 35.4 Å². The van der Waals surface area contributed by atoms with Crippen LogP contribution in [0.2, 0.25) is 0 Å². The zero-order valence-corrected chi connectivity index (χ0v) is 10.7. The van der Waals surface area contributed by atoms with Crippen molar-refractivity contribution in [1.29, 1.82) is 0 Å². The standard InChI is InChI=1S/C14H21NO2/c1-4-13(10(2)3)15-9-11-6-5-7-12(8-11)14(16)17/h5-8,10,13,15H,4,9H2,1-3H3,(H,16,17). The lowest BCUT2D eigenvalue weighted by Crippen LogP contribution is -2.32. The lowest BCUT2D eigenvalue weighted by Gasteiger charge is -2.20. The molecule has 0 amide bonds. The Hall–Kier alpha value is -1.35. The maximum atomic E-state index is 10.8. The molecule has 0 aliphatic carbocycles. The third kappa shape index (κ3) is 4.19. The van der Waals surface area contributed by atoms with Crippen LogP contribution < -0.4 is 5.32 Å². The molecule has 1 unspecified atom stereocenters. The second-order valence-corrected chi connectivity index (χ2v) is 4.65. The van der Waals surface area contributed by atoms with E-state index in [1.54, 1.807) is 18.2 Å². The molecule has 94 valence electrons. The fraction of sp³-hybridized carbons (Fsp3) is 0.500. The summed E-state index contributed by atoms with van der Waals surface area (Å²) in [7, 11) is 0. The third-order valence-electron chi connectivity index (χ3n) is 2.99. The number of benzene rings is 1. The Bertz CT molecular complexity index is 374. The number of carboxylic acids is 1. The van der Waals surface area contributed by atoms with Crippen LogP contribution in [0.5, 0.6) is 0 Å². The highest BCUT2D eigenvalue weighted by molar-refractivity contribution is 5.87. The molecule has 0 heterocycles. The maximum Gasteiger partial charge on any atom is 0.335 e. The molecule has 0 aliphatic heterocycles. The van der Waals surface area contributed by atoms with Crippen molar-refractivity contribution in [2.45, 2.75) is 39.8 Å². The van der Waals surface area contributed by atoms with Gasteiger partial charge in [0.15, 0.2) is 0 Å². The quantitative estimate of drug-likeness (QED) is 0.797. The molecule has 1 aromatic rings. The van der Waals surface area contributed by atoms with Crippen molar-refractivity contribution in [3.63, 3.8) is 0 Å². The first-order chi connectivity index (χ1) is 8.04. The molecular weight excluding hydrogens is 214 g/mol. The Morgan fingerprint density at radius 2 is 2.12 bits per heavy atom. The fourth-order valence-electron chi connectivity index (χ4n) is 1.91. The van der Waals surface area contributed by atoms with Gasteiger partial charge in [0.05, 0.1) is 5.56 Å². The molecule has 0 saturated carbocycles. The van der Waals surface area contributed by atoms with Gasteiger partial charge in [0, 0.05) is 12.6 Å². The summed E-state index contributed by atoms with van der Waals surface area (Å²) in [5.41, 5.74) is 1.37. The van der Waals surface area contributed by atoms with Crippen molar-refractivity contribution < 1.29 is 9.90 Å². The SMILES string of the molecule is CCC(NCc1cccc(C(=O)O)c1)C(C)C. The summed E-state index contributed by atoms with van der Waals surface area (Å²) in [6, 6.07) is 7.56. The van der Waals surface area contributed by atoms with E-state index >= 15 is 0 Å². The first-order valence-electron chi connectivity index (χ1n) is 6.10. The van der Waals surface area contributed by atoms with Crippen molar-refractivity contribution in [1.82, 2.24) is 5.32 Å². The van der Waals surface area contributed by atoms with Crippen LogP contribution in [-0.2, 0) is 6.54 Å². The van der Waals surface area contributed by atoms with Crippen LogP contribution in [0.1, 0.15) is 43.1 Å². The second kappa shape index (κ2) is 6.40. The zero-order valence-electron chi connectivity index (χ0n) is 10.7. The predicted molar refractivity (Wildman–Crippen MR) is 69.2 cm³/mol. The van der Waals surface area contributed by atoms with E-state index in [4.69, 9.17) is 5.11 Å². The fourth-order valence-corrected chi connectivity index (χ4v) is 1.91. The average Bonchev–Trinajstić information content (AvgIpc) is 2.29. The predicted octanol–water partition coefficient (Wildman–Crippen LogP) is 2.91. The molecule has 1 aromatic carbocycles. The summed E-state index contributed by atoms with van der Waals surface area (Å²) in [6.07, 6.45) is 1.08. The monoisotopic (exact) mass is 235 g/mol. The summed E-state index contributed by atoms with van der Waals surface area (Å²) in [6.45, 7) is 7.26. The molecule has 0 fully saturated rings. The molecule has 1 atom stereocenters. The minimum atomic E-state index is -0.872. The number of carbonyl (C=O) groups is 1. The number of rotatable bonds is 6. The highest BCUT2D eigenvalue weighted by Gasteiger charge is 2.10. The van der Waals surface area contributed by atoms with Gasteiger partial charge in [-0.15, -0.1) is 0 Å². The lowest BCUT2D eigenvalue weighted by molar-refractivity contribution is 0.0696. The van der Waals surface area contributed by atoms with Crippen LogP contribution in [0.3, 0.4) is 0 Å². The summed E-state index contributed by atoms with van der Waals surface area (Å²) in [5, 5.41) is 12.4. The van der Waals surface area contributed by atoms with E-state index in [1.807, 2.05) is 6.07 Å². The van der Waals surface area contributed by atoms with Crippen LogP contribution >= 0.6 is 0 Å². The summed E-state index contributed by atoms with van der Waals surface area (Å²) in [4.78, 5) is 10.8. The molecule has 0 aromatic heterocycles. The van der Waals surface area contributed by atoms with Crippen LogP contribution in [0.4, 0.5) is 0 Å². The van der Waals surface area contributed by atoms with Crippen molar-refractivity contribution in [2.75, 3.05) is 0 Å². The van der Waals surface area contributed by atoms with Gasteiger partial charge < -0.3 is 10.4 Å². The molecule has 2 N–H and O–H groups in total. The first kappa shape index (κ1) is 13.7. The molecule has 3 nitrogen and oxygen atoms in total. The molecule has 1 rings (SSSR count). The molecule has 0 saturated heterocycles. The average molecular weight is 235 g/mol. The summed E-state index contributed by atoms with van der Waals surface area (Å²) in [5.74, 6) is -0.287. The third-order valence-corrected chi connectivity index (χ3v) is 2.99. The van der Waals surface area contributed by atoms with E-state index in [1.165, 1.54) is 0 Å². The van der Waals surface area contributed by atoms with Crippen LogP contribution in [0.25, 0.3) is 0 Å². The lowest BCUT2D eigenvalue weighted by atomic mass is 10.0. The number of nitrogens with one attached hydrogen (secondary N) is 1. The van der Waals surface area contributed by atoms with Crippen LogP contribution in [0, 0.1) is 5.92 Å². The van der Waals surface area contributed by atoms with Gasteiger partial charge >= 0.3 is 5.97 Å². The molecule has 0 radical (unpaired) electrons. The van der Waals surface area contributed by atoms with E-state index in [0.717, 1.165) is 18.5 Å². The van der Waals surface area contributed by atoms with Gasteiger partial charge in [0.2, 0.25) is 0 Å². The van der Waals surface area contributed by atoms with E-state index < -0.39 is 5.97 Å². The highest BCUT2D eigenvalue weighted by Crippen LogP contribution is 2.09. The summed E-state index contributed by atoms with van der Waals surface area (Å²) >= 11 is 0. The van der Waals surface area contributed by atoms with Gasteiger partial charge in [-0.3, -0.25) is 0 Å². The molecule has 3 heteroatoms. The van der Waals surface area contributed by atoms with Gasteiger partial charge in [-0.2, -0.15) is 0 Å². The largest absolute Gasteiger partial charge is 0.478 e. The second-order valence-electron chi connectivity index (χ2n) is 4.65. The maximum absolute atomic E-state index is 10.8. The molecular formula is C14H21NO2. The number of aromatic carboxylic acids is 1. The van der Waals surface area contributed by atoms with E-state index in [-0.39, 0.29) is 0 Å². The summed E-state index contributed by atoms with van der Waals surface area (Å²) < 4.78 is 0. The van der Waals surface area contributed by atoms with Crippen LogP contribution in [0.15, 0.2) is 24.3 Å². The molecule has 0 bridgehead atoms. The Balaban J connectivity index is 2.62. The smallest absolute Gasteiger partial charge is 0.335 e. The molecule has 0 aliphatic rings. The Labute approximate surface area is 103 Å². The van der Waals surface area contributed by atoms with Gasteiger partial charge in [0.25, 0.3) is 0 Å². The number of hydrogen-bond donors (Lipinski definition) is 2. The van der Waals surface area contributed by atoms with Crippen molar-refractivity contribution in [2.24, 2.45) is 5.92 Å². The Morgan fingerprint density at radius 3 is 2.65 bits per heavy atom. The van der Waals surface area contributed by atoms with E-state index in [9.17, 15) is 4.79 Å². The normalized spacial score (nSPS) is 12.7. The molecule has 0 spiro atoms. The van der Waals surface area contributed by atoms with Gasteiger partial charge in [-0.05, 0) is 30.0 Å². The van der Waals surface area contributed by atoms with Crippen molar-refractivity contribution >= 4 is 5.97 Å². The number of carboxylic acid groups (broad SMARTS) is 1. The minimum Gasteiger partial charge on any atom is -0.478 e. The van der Waals surface area contributed by atoms with Gasteiger partial charge in [0.1, 0.15) is 0 Å². The topological polar surface area (TPSA) is 49.3 Å². The Morgan fingerprint density at radius 1 is 1.41 bits per heavy atom. The van der Waals surface area contributed by atoms with Gasteiger partial charge in [-0.25, -0.2) is 4.79 Å². The Kier molecular flexibility index (Phi) is 5.16. The van der Waals surface area contributed by atoms with E-state index in [0.29, 0.717) is 17.5 Å². The van der Waals surface area contributed by atoms with Gasteiger partial charge in [-0.1, -0.05) is 32.9 Å². The van der Waals surface area contributed by atoms with Crippen molar-refractivity contribution in [3.8, 4) is 0 Å². The first-order valence-corrected chi connectivity index (χ1v) is 6.10.